The molecule has 0 spiro atoms. The van der Waals surface area contributed by atoms with Crippen LogP contribution < -0.4 is 4.90 Å². The Kier molecular flexibility index (Phi) is 8.93. The summed E-state index contributed by atoms with van der Waals surface area (Å²) in [6.07, 6.45) is 0. The molecular weight excluding hydrogens is 821 g/mol. The zero-order valence-corrected chi connectivity index (χ0v) is 36.6. The van der Waals surface area contributed by atoms with Crippen molar-refractivity contribution in [2.75, 3.05) is 4.90 Å². The van der Waals surface area contributed by atoms with E-state index >= 15 is 0 Å². The van der Waals surface area contributed by atoms with Gasteiger partial charge in [-0.2, -0.15) is 0 Å². The van der Waals surface area contributed by atoms with Gasteiger partial charge in [0.1, 0.15) is 5.52 Å². The molecule has 0 amide bonds. The van der Waals surface area contributed by atoms with Crippen molar-refractivity contribution in [3.63, 3.8) is 0 Å². The molecule has 0 unspecified atom stereocenters. The van der Waals surface area contributed by atoms with E-state index < -0.39 is 5.41 Å². The second-order valence-electron chi connectivity index (χ2n) is 17.0. The Morgan fingerprint density at radius 2 is 0.955 bits per heavy atom. The molecule has 0 radical (unpaired) electrons. The molecule has 0 saturated heterocycles. The maximum absolute atomic E-state index is 6.63. The smallest absolute Gasteiger partial charge is 0.227 e. The van der Waals surface area contributed by atoms with E-state index in [4.69, 9.17) is 9.40 Å². The number of thiophene rings is 1. The summed E-state index contributed by atoms with van der Waals surface area (Å²) >= 11 is 1.86. The third-order valence-corrected chi connectivity index (χ3v) is 14.6. The molecule has 12 aromatic rings. The van der Waals surface area contributed by atoms with Gasteiger partial charge in [0.15, 0.2) is 5.58 Å². The van der Waals surface area contributed by atoms with Crippen LogP contribution in [0, 0.1) is 0 Å². The fourth-order valence-corrected chi connectivity index (χ4v) is 11.6. The summed E-state index contributed by atoms with van der Waals surface area (Å²) in [5.41, 5.74) is 17.2. The van der Waals surface area contributed by atoms with E-state index in [-0.39, 0.29) is 0 Å². The summed E-state index contributed by atoms with van der Waals surface area (Å²) in [5.74, 6) is 0.596. The van der Waals surface area contributed by atoms with Gasteiger partial charge in [0.2, 0.25) is 5.89 Å². The molecular formula is C62H40N2OS. The molecule has 0 bridgehead atoms. The van der Waals surface area contributed by atoms with Crippen molar-refractivity contribution in [2.45, 2.75) is 5.41 Å². The van der Waals surface area contributed by atoms with Gasteiger partial charge in [0, 0.05) is 48.9 Å². The highest BCUT2D eigenvalue weighted by Gasteiger charge is 2.46. The standard InChI is InChI=1S/C62H40N2OS/c1-4-15-41(16-5-1)42-27-29-44(30-28-42)61-63-57-38-36-49(40-58(57)65-61)64(47-33-31-43(32-34-47)50-23-14-24-54-53-22-11-13-26-59(53)66-60(50)54)48-35-37-52-51-21-10-12-25-55(51)62(56(52)39-48,45-17-6-2-7-18-45)46-19-8-3-9-20-46/h1-40H. The number of nitrogens with zero attached hydrogens (tertiary/aromatic N) is 2. The third-order valence-electron chi connectivity index (χ3n) is 13.4. The van der Waals surface area contributed by atoms with Gasteiger partial charge in [-0.05, 0) is 110 Å². The highest BCUT2D eigenvalue weighted by molar-refractivity contribution is 7.26. The van der Waals surface area contributed by atoms with Crippen LogP contribution in [0.1, 0.15) is 22.3 Å². The van der Waals surface area contributed by atoms with E-state index in [1.807, 2.05) is 17.4 Å². The van der Waals surface area contributed by atoms with E-state index in [0.29, 0.717) is 5.89 Å². The number of fused-ring (bicyclic) bond motifs is 7. The molecule has 1 aliphatic rings. The molecule has 4 heteroatoms. The molecule has 0 aliphatic heterocycles. The average molecular weight is 861 g/mol. The normalized spacial score (nSPS) is 12.7. The maximum Gasteiger partial charge on any atom is 0.227 e. The van der Waals surface area contributed by atoms with E-state index in [1.165, 1.54) is 70.2 Å². The van der Waals surface area contributed by atoms with Gasteiger partial charge < -0.3 is 9.32 Å². The van der Waals surface area contributed by atoms with Gasteiger partial charge in [0.05, 0.1) is 5.41 Å². The van der Waals surface area contributed by atoms with Crippen molar-refractivity contribution in [1.29, 1.82) is 0 Å². The van der Waals surface area contributed by atoms with Crippen LogP contribution in [-0.4, -0.2) is 4.98 Å². The predicted molar refractivity (Wildman–Crippen MR) is 275 cm³/mol. The summed E-state index contributed by atoms with van der Waals surface area (Å²) in [4.78, 5) is 7.35. The average Bonchev–Trinajstić information content (AvgIpc) is 4.08. The van der Waals surface area contributed by atoms with Gasteiger partial charge >= 0.3 is 0 Å². The summed E-state index contributed by atoms with van der Waals surface area (Å²) in [5, 5.41) is 2.60. The fraction of sp³-hybridized carbons (Fsp3) is 0.0161. The first-order valence-electron chi connectivity index (χ1n) is 22.4. The number of aromatic nitrogens is 1. The number of oxazole rings is 1. The molecule has 13 rings (SSSR count). The molecule has 66 heavy (non-hydrogen) atoms. The number of rotatable bonds is 8. The van der Waals surface area contributed by atoms with Crippen molar-refractivity contribution in [1.82, 2.24) is 4.98 Å². The fourth-order valence-electron chi connectivity index (χ4n) is 10.4. The molecule has 0 N–H and O–H groups in total. The van der Waals surface area contributed by atoms with E-state index in [2.05, 4.69) is 241 Å². The third kappa shape index (κ3) is 6.07. The number of hydrogen-bond donors (Lipinski definition) is 0. The zero-order chi connectivity index (χ0) is 43.6. The van der Waals surface area contributed by atoms with Crippen molar-refractivity contribution < 1.29 is 4.42 Å². The number of hydrogen-bond acceptors (Lipinski definition) is 4. The Balaban J connectivity index is 0.977. The molecule has 0 fully saturated rings. The zero-order valence-electron chi connectivity index (χ0n) is 35.8. The first-order valence-corrected chi connectivity index (χ1v) is 23.3. The molecule has 2 aromatic heterocycles. The minimum atomic E-state index is -0.539. The molecule has 10 aromatic carbocycles. The quantitative estimate of drug-likeness (QED) is 0.152. The minimum absolute atomic E-state index is 0.539. The lowest BCUT2D eigenvalue weighted by molar-refractivity contribution is 0.620. The van der Waals surface area contributed by atoms with Gasteiger partial charge in [0.25, 0.3) is 0 Å². The van der Waals surface area contributed by atoms with Crippen LogP contribution in [0.2, 0.25) is 0 Å². The van der Waals surface area contributed by atoms with Crippen LogP contribution in [0.4, 0.5) is 17.1 Å². The summed E-state index contributed by atoms with van der Waals surface area (Å²) < 4.78 is 9.24. The Bertz CT molecular complexity index is 3700. The van der Waals surface area contributed by atoms with Crippen molar-refractivity contribution in [2.24, 2.45) is 0 Å². The van der Waals surface area contributed by atoms with Crippen molar-refractivity contribution in [3.05, 3.63) is 265 Å². The first-order chi connectivity index (χ1) is 32.7. The highest BCUT2D eigenvalue weighted by atomic mass is 32.1. The molecule has 1 aliphatic carbocycles. The van der Waals surface area contributed by atoms with Crippen molar-refractivity contribution in [3.8, 4) is 44.8 Å². The van der Waals surface area contributed by atoms with Crippen LogP contribution >= 0.6 is 11.3 Å². The Labute approximate surface area is 387 Å². The van der Waals surface area contributed by atoms with E-state index in [9.17, 15) is 0 Å². The molecule has 2 heterocycles. The molecule has 310 valence electrons. The first kappa shape index (κ1) is 38.2. The largest absolute Gasteiger partial charge is 0.436 e. The summed E-state index contributed by atoms with van der Waals surface area (Å²) in [6.45, 7) is 0. The Hall–Kier alpha value is -8.31. The number of benzene rings is 10. The topological polar surface area (TPSA) is 29.3 Å². The van der Waals surface area contributed by atoms with Gasteiger partial charge in [-0.1, -0.05) is 182 Å². The maximum atomic E-state index is 6.63. The lowest BCUT2D eigenvalue weighted by atomic mass is 9.67. The molecule has 0 atom stereocenters. The van der Waals surface area contributed by atoms with E-state index in [1.54, 1.807) is 0 Å². The van der Waals surface area contributed by atoms with Crippen LogP contribution in [0.5, 0.6) is 0 Å². The Morgan fingerprint density at radius 1 is 0.394 bits per heavy atom. The van der Waals surface area contributed by atoms with Crippen LogP contribution in [0.25, 0.3) is 76.1 Å². The SMILES string of the molecule is c1ccc(-c2ccc(-c3nc4ccc(N(c5ccc(-c6cccc7c6sc6ccccc67)cc5)c5ccc6c(c5)C(c5ccccc5)(c5ccccc5)c5ccccc5-6)cc4o3)cc2)cc1. The summed E-state index contributed by atoms with van der Waals surface area (Å²) in [6, 6.07) is 87.7. The van der Waals surface area contributed by atoms with Crippen molar-refractivity contribution >= 4 is 59.7 Å². The monoisotopic (exact) mass is 860 g/mol. The highest BCUT2D eigenvalue weighted by Crippen LogP contribution is 2.57. The summed E-state index contributed by atoms with van der Waals surface area (Å²) in [7, 11) is 0. The number of anilines is 3. The lowest BCUT2D eigenvalue weighted by Gasteiger charge is -2.35. The van der Waals surface area contributed by atoms with Crippen LogP contribution in [-0.2, 0) is 5.41 Å². The van der Waals surface area contributed by atoms with E-state index in [0.717, 1.165) is 39.3 Å². The van der Waals surface area contributed by atoms with Crippen LogP contribution in [0.3, 0.4) is 0 Å². The predicted octanol–water partition coefficient (Wildman–Crippen LogP) is 17.0. The van der Waals surface area contributed by atoms with Gasteiger partial charge in [-0.15, -0.1) is 11.3 Å². The van der Waals surface area contributed by atoms with Gasteiger partial charge in [-0.25, -0.2) is 4.98 Å². The molecule has 0 saturated carbocycles. The molecule has 3 nitrogen and oxygen atoms in total. The minimum Gasteiger partial charge on any atom is -0.436 e. The second kappa shape index (κ2) is 15.4. The van der Waals surface area contributed by atoms with Gasteiger partial charge in [-0.3, -0.25) is 0 Å². The second-order valence-corrected chi connectivity index (χ2v) is 18.1. The van der Waals surface area contributed by atoms with Crippen LogP contribution in [0.15, 0.2) is 247 Å². The Morgan fingerprint density at radius 3 is 1.73 bits per heavy atom. The lowest BCUT2D eigenvalue weighted by Crippen LogP contribution is -2.28.